The third kappa shape index (κ3) is 2.71. The van der Waals surface area contributed by atoms with Gasteiger partial charge in [-0.15, -0.1) is 0 Å². The molecule has 12 heavy (non-hydrogen) atoms. The van der Waals surface area contributed by atoms with Crippen LogP contribution in [-0.2, 0) is 4.74 Å². The van der Waals surface area contributed by atoms with Crippen LogP contribution in [0, 0.1) is 0 Å². The largest absolute Gasteiger partial charge is 0.394 e. The summed E-state index contributed by atoms with van der Waals surface area (Å²) in [6, 6.07) is 0.132. The summed E-state index contributed by atoms with van der Waals surface area (Å²) in [5.41, 5.74) is 5.85. The zero-order valence-electron chi connectivity index (χ0n) is 7.57. The van der Waals surface area contributed by atoms with Crippen LogP contribution in [0.15, 0.2) is 0 Å². The van der Waals surface area contributed by atoms with Gasteiger partial charge in [0.25, 0.3) is 0 Å². The van der Waals surface area contributed by atoms with Crippen molar-refractivity contribution in [2.75, 3.05) is 33.4 Å². The monoisotopic (exact) mass is 174 g/mol. The Kier molecular flexibility index (Phi) is 3.94. The molecule has 1 fully saturated rings. The summed E-state index contributed by atoms with van der Waals surface area (Å²) >= 11 is 0. The van der Waals surface area contributed by atoms with E-state index in [9.17, 15) is 0 Å². The van der Waals surface area contributed by atoms with Crippen molar-refractivity contribution in [2.24, 2.45) is 5.73 Å². The third-order valence-corrected chi connectivity index (χ3v) is 2.24. The van der Waals surface area contributed by atoms with Crippen LogP contribution in [0.2, 0.25) is 0 Å². The number of likely N-dealkylation sites (N-methyl/N-ethyl adjacent to an activating group) is 1. The molecule has 4 heteroatoms. The van der Waals surface area contributed by atoms with E-state index in [-0.39, 0.29) is 18.8 Å². The van der Waals surface area contributed by atoms with Gasteiger partial charge in [-0.2, -0.15) is 0 Å². The molecule has 4 nitrogen and oxygen atoms in total. The number of likely N-dealkylation sites (tertiary alicyclic amines) is 1. The van der Waals surface area contributed by atoms with Crippen molar-refractivity contribution in [2.45, 2.75) is 18.6 Å². The van der Waals surface area contributed by atoms with E-state index in [0.29, 0.717) is 6.61 Å². The predicted molar refractivity (Wildman–Crippen MR) is 46.9 cm³/mol. The fraction of sp³-hybridized carbons (Fsp3) is 1.00. The highest BCUT2D eigenvalue weighted by molar-refractivity contribution is 4.82. The maximum Gasteiger partial charge on any atom is 0.0854 e. The van der Waals surface area contributed by atoms with Crippen molar-refractivity contribution >= 4 is 0 Å². The number of aliphatic hydroxyl groups excluding tert-OH is 1. The molecule has 3 N–H and O–H groups in total. The maximum absolute atomic E-state index is 8.57. The second-order valence-electron chi connectivity index (χ2n) is 3.35. The number of ether oxygens (including phenoxy) is 1. The molecule has 0 aromatic rings. The second kappa shape index (κ2) is 4.77. The maximum atomic E-state index is 8.57. The first-order chi connectivity index (χ1) is 5.74. The normalized spacial score (nSPS) is 32.2. The molecule has 0 aromatic carbocycles. The van der Waals surface area contributed by atoms with Crippen molar-refractivity contribution < 1.29 is 9.84 Å². The Labute approximate surface area is 73.3 Å². The van der Waals surface area contributed by atoms with E-state index in [1.165, 1.54) is 0 Å². The van der Waals surface area contributed by atoms with Gasteiger partial charge in [-0.05, 0) is 20.0 Å². The summed E-state index contributed by atoms with van der Waals surface area (Å²) in [5, 5.41) is 8.57. The molecule has 0 aliphatic carbocycles. The zero-order valence-corrected chi connectivity index (χ0v) is 7.57. The van der Waals surface area contributed by atoms with Crippen molar-refractivity contribution in [3.63, 3.8) is 0 Å². The van der Waals surface area contributed by atoms with Gasteiger partial charge in [0.1, 0.15) is 0 Å². The van der Waals surface area contributed by atoms with Gasteiger partial charge in [-0.1, -0.05) is 0 Å². The molecule has 0 unspecified atom stereocenters. The highest BCUT2D eigenvalue weighted by atomic mass is 16.5. The topological polar surface area (TPSA) is 58.7 Å². The summed E-state index contributed by atoms with van der Waals surface area (Å²) in [6.45, 7) is 2.39. The van der Waals surface area contributed by atoms with Crippen molar-refractivity contribution in [3.8, 4) is 0 Å². The van der Waals surface area contributed by atoms with Crippen LogP contribution in [0.25, 0.3) is 0 Å². The molecule has 0 radical (unpaired) electrons. The van der Waals surface area contributed by atoms with Crippen LogP contribution in [-0.4, -0.2) is 55.5 Å². The van der Waals surface area contributed by atoms with Gasteiger partial charge < -0.3 is 20.5 Å². The van der Waals surface area contributed by atoms with Gasteiger partial charge in [0, 0.05) is 12.6 Å². The minimum absolute atomic E-state index is 0.0763. The zero-order chi connectivity index (χ0) is 8.97. The van der Waals surface area contributed by atoms with E-state index in [1.807, 2.05) is 0 Å². The molecule has 1 aliphatic rings. The van der Waals surface area contributed by atoms with E-state index in [2.05, 4.69) is 11.9 Å². The average molecular weight is 174 g/mol. The van der Waals surface area contributed by atoms with Gasteiger partial charge >= 0.3 is 0 Å². The molecular weight excluding hydrogens is 156 g/mol. The molecule has 0 bridgehead atoms. The van der Waals surface area contributed by atoms with Crippen LogP contribution >= 0.6 is 0 Å². The van der Waals surface area contributed by atoms with Gasteiger partial charge in [-0.3, -0.25) is 0 Å². The van der Waals surface area contributed by atoms with Crippen LogP contribution in [0.1, 0.15) is 6.42 Å². The van der Waals surface area contributed by atoms with E-state index >= 15 is 0 Å². The Morgan fingerprint density at radius 1 is 1.67 bits per heavy atom. The summed E-state index contributed by atoms with van der Waals surface area (Å²) in [5.74, 6) is 0. The molecule has 0 spiro atoms. The van der Waals surface area contributed by atoms with E-state index < -0.39 is 0 Å². The second-order valence-corrected chi connectivity index (χ2v) is 3.35. The molecule has 0 saturated carbocycles. The van der Waals surface area contributed by atoms with Gasteiger partial charge in [0.05, 0.1) is 19.3 Å². The quantitative estimate of drug-likeness (QED) is 0.578. The smallest absolute Gasteiger partial charge is 0.0854 e. The molecule has 1 heterocycles. The van der Waals surface area contributed by atoms with Crippen LogP contribution in [0.5, 0.6) is 0 Å². The van der Waals surface area contributed by atoms with Crippen molar-refractivity contribution in [3.05, 3.63) is 0 Å². The first kappa shape index (κ1) is 9.92. The Bertz CT molecular complexity index is 132. The Morgan fingerprint density at radius 2 is 2.42 bits per heavy atom. The highest BCUT2D eigenvalue weighted by Gasteiger charge is 2.24. The first-order valence-corrected chi connectivity index (χ1v) is 4.40. The number of nitrogens with two attached hydrogens (primary N) is 1. The van der Waals surface area contributed by atoms with E-state index in [1.54, 1.807) is 0 Å². The molecule has 1 saturated heterocycles. The number of aliphatic hydroxyl groups is 1. The summed E-state index contributed by atoms with van der Waals surface area (Å²) in [4.78, 5) is 2.20. The lowest BCUT2D eigenvalue weighted by molar-refractivity contribution is -0.0200. The molecule has 0 aromatic heterocycles. The Morgan fingerprint density at radius 3 is 3.08 bits per heavy atom. The minimum Gasteiger partial charge on any atom is -0.394 e. The standard InChI is InChI=1S/C8H18N2O2/c1-10-3-2-7(9)8(6-10)12-5-4-11/h7-8,11H,2-6,9H2,1H3/t7-,8+/m1/s1. The van der Waals surface area contributed by atoms with Gasteiger partial charge in [0.15, 0.2) is 0 Å². The van der Waals surface area contributed by atoms with Gasteiger partial charge in [0.2, 0.25) is 0 Å². The van der Waals surface area contributed by atoms with Crippen LogP contribution in [0.3, 0.4) is 0 Å². The van der Waals surface area contributed by atoms with E-state index in [4.69, 9.17) is 15.6 Å². The van der Waals surface area contributed by atoms with Crippen molar-refractivity contribution in [1.82, 2.24) is 4.90 Å². The average Bonchev–Trinajstić information content (AvgIpc) is 2.07. The fourth-order valence-corrected chi connectivity index (χ4v) is 1.47. The fourth-order valence-electron chi connectivity index (χ4n) is 1.47. The highest BCUT2D eigenvalue weighted by Crippen LogP contribution is 2.10. The molecule has 2 atom stereocenters. The lowest BCUT2D eigenvalue weighted by atomic mass is 10.0. The molecule has 0 amide bonds. The van der Waals surface area contributed by atoms with Gasteiger partial charge in [-0.25, -0.2) is 0 Å². The minimum atomic E-state index is 0.0763. The third-order valence-electron chi connectivity index (χ3n) is 2.24. The van der Waals surface area contributed by atoms with Crippen LogP contribution < -0.4 is 5.73 Å². The number of rotatable bonds is 3. The lowest BCUT2D eigenvalue weighted by Crippen LogP contribution is -2.50. The molecule has 1 rings (SSSR count). The number of nitrogens with zero attached hydrogens (tertiary/aromatic N) is 1. The summed E-state index contributed by atoms with van der Waals surface area (Å²) in [7, 11) is 2.06. The Hall–Kier alpha value is -0.160. The SMILES string of the molecule is CN1CC[C@@H](N)[C@@H](OCCO)C1. The number of hydrogen-bond acceptors (Lipinski definition) is 4. The Balaban J connectivity index is 2.28. The number of hydrogen-bond donors (Lipinski definition) is 2. The molecule has 1 aliphatic heterocycles. The van der Waals surface area contributed by atoms with Crippen molar-refractivity contribution in [1.29, 1.82) is 0 Å². The van der Waals surface area contributed by atoms with E-state index in [0.717, 1.165) is 19.5 Å². The molecule has 72 valence electrons. The first-order valence-electron chi connectivity index (χ1n) is 4.40. The molecular formula is C8H18N2O2. The van der Waals surface area contributed by atoms with Crippen LogP contribution in [0.4, 0.5) is 0 Å². The predicted octanol–water partition coefficient (Wildman–Crippen LogP) is -0.973. The summed E-state index contributed by atoms with van der Waals surface area (Å²) in [6.07, 6.45) is 1.07. The lowest BCUT2D eigenvalue weighted by Gasteiger charge is -2.34. The number of piperidine rings is 1. The summed E-state index contributed by atoms with van der Waals surface area (Å²) < 4.78 is 5.40.